The fourth-order valence-electron chi connectivity index (χ4n) is 6.21. The van der Waals surface area contributed by atoms with Crippen LogP contribution in [-0.2, 0) is 0 Å². The van der Waals surface area contributed by atoms with Crippen molar-refractivity contribution in [3.05, 3.63) is 212 Å². The molecule has 0 N–H and O–H groups in total. The maximum atomic E-state index is 5.39. The molecule has 50 heavy (non-hydrogen) atoms. The smallest absolute Gasteiger partial charge is 0.0966 e. The fourth-order valence-corrected chi connectivity index (χ4v) is 6.21. The molecule has 3 heteroatoms. The Hall–Kier alpha value is -6.71. The highest BCUT2D eigenvalue weighted by atomic mass is 14.8. The van der Waals surface area contributed by atoms with Gasteiger partial charge in [0.15, 0.2) is 0 Å². The molecule has 0 aliphatic heterocycles. The van der Waals surface area contributed by atoms with Gasteiger partial charge < -0.3 is 0 Å². The predicted octanol–water partition coefficient (Wildman–Crippen LogP) is 12.0. The molecule has 0 saturated heterocycles. The minimum absolute atomic E-state index is 0.769. The van der Waals surface area contributed by atoms with Crippen molar-refractivity contribution in [3.63, 3.8) is 0 Å². The van der Waals surface area contributed by atoms with E-state index in [2.05, 4.69) is 140 Å². The average molecular weight is 640 g/mol. The Morgan fingerprint density at radius 2 is 0.820 bits per heavy atom. The Kier molecular flexibility index (Phi) is 8.69. The average Bonchev–Trinajstić information content (AvgIpc) is 3.21. The van der Waals surface area contributed by atoms with E-state index in [-0.39, 0.29) is 0 Å². The van der Waals surface area contributed by atoms with Gasteiger partial charge in [0, 0.05) is 22.9 Å². The van der Waals surface area contributed by atoms with Crippen LogP contribution in [0.5, 0.6) is 0 Å². The van der Waals surface area contributed by atoms with Crippen LogP contribution in [0.15, 0.2) is 205 Å². The van der Waals surface area contributed by atoms with Gasteiger partial charge in [-0.15, -0.1) is 0 Å². The van der Waals surface area contributed by atoms with Gasteiger partial charge in [0.25, 0.3) is 0 Å². The van der Waals surface area contributed by atoms with Crippen molar-refractivity contribution in [3.8, 4) is 55.9 Å². The molecular weight excluding hydrogens is 607 g/mol. The number of pyridine rings is 2. The number of hydrogen-bond acceptors (Lipinski definition) is 3. The van der Waals surface area contributed by atoms with Crippen molar-refractivity contribution in [2.75, 3.05) is 0 Å². The minimum Gasteiger partial charge on any atom is -0.256 e. The molecule has 0 spiro atoms. The number of hydrogen-bond donors (Lipinski definition) is 0. The summed E-state index contributed by atoms with van der Waals surface area (Å²) in [5.74, 6) is 0. The van der Waals surface area contributed by atoms with E-state index in [1.165, 1.54) is 0 Å². The number of nitrogens with zero attached hydrogens (tertiary/aromatic N) is 3. The van der Waals surface area contributed by atoms with Crippen LogP contribution in [0.4, 0.5) is 5.69 Å². The van der Waals surface area contributed by atoms with Crippen LogP contribution in [0.25, 0.3) is 55.9 Å². The molecule has 0 unspecified atom stereocenters. The molecule has 236 valence electrons. The molecule has 2 aromatic heterocycles. The first-order chi connectivity index (χ1) is 24.8. The van der Waals surface area contributed by atoms with E-state index in [0.29, 0.717) is 0 Å². The molecule has 8 rings (SSSR count). The zero-order chi connectivity index (χ0) is 33.5. The van der Waals surface area contributed by atoms with Gasteiger partial charge in [-0.05, 0) is 88.0 Å². The topological polar surface area (TPSA) is 38.1 Å². The molecule has 2 heterocycles. The maximum absolute atomic E-state index is 5.39. The van der Waals surface area contributed by atoms with Gasteiger partial charge in [-0.2, -0.15) is 0 Å². The van der Waals surface area contributed by atoms with E-state index in [9.17, 15) is 0 Å². The van der Waals surface area contributed by atoms with Crippen LogP contribution in [-0.4, -0.2) is 15.7 Å². The summed E-state index contributed by atoms with van der Waals surface area (Å²) in [6.07, 6.45) is 1.89. The lowest BCUT2D eigenvalue weighted by molar-refractivity contribution is 1.26. The molecule has 0 atom stereocenters. The molecule has 0 bridgehead atoms. The van der Waals surface area contributed by atoms with E-state index < -0.39 is 0 Å². The second-order valence-electron chi connectivity index (χ2n) is 12.1. The van der Waals surface area contributed by atoms with Crippen LogP contribution >= 0.6 is 0 Å². The monoisotopic (exact) mass is 639 g/mol. The van der Waals surface area contributed by atoms with Crippen molar-refractivity contribution in [1.29, 1.82) is 0 Å². The third-order valence-corrected chi connectivity index (χ3v) is 8.72. The van der Waals surface area contributed by atoms with Gasteiger partial charge >= 0.3 is 0 Å². The highest BCUT2D eigenvalue weighted by Gasteiger charge is 2.17. The Bertz CT molecular complexity index is 2330. The van der Waals surface area contributed by atoms with E-state index >= 15 is 0 Å². The predicted molar refractivity (Wildman–Crippen MR) is 207 cm³/mol. The molecule has 8 aromatic rings. The number of aliphatic imine (C=N–C) groups is 1. The summed E-state index contributed by atoms with van der Waals surface area (Å²) >= 11 is 0. The maximum Gasteiger partial charge on any atom is 0.0966 e. The van der Waals surface area contributed by atoms with Crippen molar-refractivity contribution >= 4 is 11.4 Å². The molecule has 0 saturated carbocycles. The van der Waals surface area contributed by atoms with Crippen LogP contribution in [0.2, 0.25) is 0 Å². The van der Waals surface area contributed by atoms with Crippen molar-refractivity contribution in [2.45, 2.75) is 0 Å². The second kappa shape index (κ2) is 14.2. The van der Waals surface area contributed by atoms with Gasteiger partial charge in [-0.3, -0.25) is 4.98 Å². The van der Waals surface area contributed by atoms with Crippen LogP contribution in [0.3, 0.4) is 0 Å². The molecule has 0 aliphatic carbocycles. The number of benzene rings is 6. The highest BCUT2D eigenvalue weighted by molar-refractivity contribution is 6.13. The third-order valence-electron chi connectivity index (χ3n) is 8.72. The number of rotatable bonds is 8. The van der Waals surface area contributed by atoms with Crippen LogP contribution in [0.1, 0.15) is 11.3 Å². The number of para-hydroxylation sites is 1. The Morgan fingerprint density at radius 3 is 1.40 bits per heavy atom. The summed E-state index contributed by atoms with van der Waals surface area (Å²) in [4.78, 5) is 15.5. The Morgan fingerprint density at radius 1 is 0.360 bits per heavy atom. The minimum atomic E-state index is 0.769. The molecule has 0 amide bonds. The summed E-state index contributed by atoms with van der Waals surface area (Å²) in [6.45, 7) is 0. The molecule has 0 fully saturated rings. The van der Waals surface area contributed by atoms with Crippen molar-refractivity contribution in [2.24, 2.45) is 4.99 Å². The quantitative estimate of drug-likeness (QED) is 0.155. The van der Waals surface area contributed by atoms with Gasteiger partial charge in [0.05, 0.1) is 28.5 Å². The normalized spacial score (nSPS) is 11.3. The molecule has 0 aliphatic rings. The Labute approximate surface area is 293 Å². The molecular formula is C47H33N3. The van der Waals surface area contributed by atoms with Gasteiger partial charge in [0.2, 0.25) is 0 Å². The molecule has 0 radical (unpaired) electrons. The summed E-state index contributed by atoms with van der Waals surface area (Å²) in [5, 5.41) is 0. The zero-order valence-electron chi connectivity index (χ0n) is 27.4. The first-order valence-corrected chi connectivity index (χ1v) is 16.8. The van der Waals surface area contributed by atoms with Gasteiger partial charge in [-0.25, -0.2) is 9.98 Å². The molecule has 6 aromatic carbocycles. The van der Waals surface area contributed by atoms with E-state index in [0.717, 1.165) is 78.6 Å². The van der Waals surface area contributed by atoms with E-state index in [1.807, 2.05) is 60.8 Å². The largest absolute Gasteiger partial charge is 0.256 e. The zero-order valence-corrected chi connectivity index (χ0v) is 27.4. The first-order valence-electron chi connectivity index (χ1n) is 16.8. The van der Waals surface area contributed by atoms with Crippen molar-refractivity contribution in [1.82, 2.24) is 9.97 Å². The lowest BCUT2D eigenvalue weighted by Gasteiger charge is -2.15. The van der Waals surface area contributed by atoms with Crippen LogP contribution in [0, 0.1) is 0 Å². The molecule has 3 nitrogen and oxygen atoms in total. The lowest BCUT2D eigenvalue weighted by Crippen LogP contribution is -2.07. The summed E-state index contributed by atoms with van der Waals surface area (Å²) in [5.41, 5.74) is 13.9. The first kappa shape index (κ1) is 30.6. The van der Waals surface area contributed by atoms with E-state index in [4.69, 9.17) is 15.0 Å². The Balaban J connectivity index is 1.37. The van der Waals surface area contributed by atoms with Crippen molar-refractivity contribution < 1.29 is 0 Å². The summed E-state index contributed by atoms with van der Waals surface area (Å²) in [7, 11) is 0. The summed E-state index contributed by atoms with van der Waals surface area (Å²) < 4.78 is 0. The fraction of sp³-hybridized carbons (Fsp3) is 0. The lowest BCUT2D eigenvalue weighted by atomic mass is 9.93. The highest BCUT2D eigenvalue weighted by Crippen LogP contribution is 2.35. The standard InChI is InChI=1S/C47H33N3/c1-6-16-34(17-7-1)38-26-27-48-44(31-38)42-32-45(50-46(33-42)47(37-22-12-4-13-23-37)49-43-24-14-5-15-25-43)41-29-39(35-18-8-2-9-19-35)28-40(30-41)36-20-10-3-11-21-36/h1-33H. The third kappa shape index (κ3) is 6.80. The second-order valence-corrected chi connectivity index (χ2v) is 12.1. The van der Waals surface area contributed by atoms with Crippen LogP contribution < -0.4 is 0 Å². The van der Waals surface area contributed by atoms with Gasteiger partial charge in [-0.1, -0.05) is 140 Å². The number of aromatic nitrogens is 2. The van der Waals surface area contributed by atoms with Gasteiger partial charge in [0.1, 0.15) is 0 Å². The summed E-state index contributed by atoms with van der Waals surface area (Å²) in [6, 6.07) is 67.1. The SMILES string of the molecule is c1ccc(N=C(c2ccccc2)c2cc(-c3cc(-c4ccccc4)ccn3)cc(-c3cc(-c4ccccc4)cc(-c4ccccc4)c3)n2)cc1. The van der Waals surface area contributed by atoms with E-state index in [1.54, 1.807) is 0 Å².